The van der Waals surface area contributed by atoms with Gasteiger partial charge in [-0.3, -0.25) is 0 Å². The van der Waals surface area contributed by atoms with Crippen molar-refractivity contribution < 1.29 is 4.74 Å². The van der Waals surface area contributed by atoms with Gasteiger partial charge >= 0.3 is 0 Å². The first-order valence-corrected chi connectivity index (χ1v) is 5.62. The SMILES string of the molecule is CCO[C@H]1c2sccc2CN[C@H]1C. The van der Waals surface area contributed by atoms with Crippen LogP contribution in [-0.4, -0.2) is 12.6 Å². The molecule has 72 valence electrons. The van der Waals surface area contributed by atoms with Crippen molar-refractivity contribution >= 4 is 11.3 Å². The molecule has 0 aromatic carbocycles. The minimum Gasteiger partial charge on any atom is -0.371 e. The Morgan fingerprint density at radius 1 is 1.69 bits per heavy atom. The van der Waals surface area contributed by atoms with E-state index in [0.717, 1.165) is 13.2 Å². The van der Waals surface area contributed by atoms with Crippen molar-refractivity contribution in [1.82, 2.24) is 5.32 Å². The topological polar surface area (TPSA) is 21.3 Å². The predicted octanol–water partition coefficient (Wildman–Crippen LogP) is 2.32. The van der Waals surface area contributed by atoms with E-state index in [1.807, 2.05) is 11.3 Å². The van der Waals surface area contributed by atoms with Crippen molar-refractivity contribution in [1.29, 1.82) is 0 Å². The lowest BCUT2D eigenvalue weighted by atomic mass is 10.0. The molecular formula is C10H15NOS. The molecule has 2 rings (SSSR count). The molecular weight excluding hydrogens is 182 g/mol. The van der Waals surface area contributed by atoms with Crippen molar-refractivity contribution in [3.05, 3.63) is 21.9 Å². The fraction of sp³-hybridized carbons (Fsp3) is 0.600. The molecule has 1 aliphatic heterocycles. The summed E-state index contributed by atoms with van der Waals surface area (Å²) in [5.41, 5.74) is 1.40. The monoisotopic (exact) mass is 197 g/mol. The Balaban J connectivity index is 2.25. The van der Waals surface area contributed by atoms with Crippen LogP contribution in [0.5, 0.6) is 0 Å². The molecule has 0 fully saturated rings. The van der Waals surface area contributed by atoms with Gasteiger partial charge in [-0.15, -0.1) is 11.3 Å². The van der Waals surface area contributed by atoms with Crippen LogP contribution in [0, 0.1) is 0 Å². The Kier molecular flexibility index (Phi) is 2.67. The van der Waals surface area contributed by atoms with E-state index in [0.29, 0.717) is 6.04 Å². The van der Waals surface area contributed by atoms with E-state index in [1.54, 1.807) is 0 Å². The summed E-state index contributed by atoms with van der Waals surface area (Å²) in [7, 11) is 0. The fourth-order valence-corrected chi connectivity index (χ4v) is 2.82. The third kappa shape index (κ3) is 1.64. The molecule has 1 N–H and O–H groups in total. The molecule has 13 heavy (non-hydrogen) atoms. The molecule has 0 bridgehead atoms. The Morgan fingerprint density at radius 3 is 3.31 bits per heavy atom. The molecule has 2 atom stereocenters. The summed E-state index contributed by atoms with van der Waals surface area (Å²) in [6.07, 6.45) is 0.258. The third-order valence-corrected chi connectivity index (χ3v) is 3.47. The summed E-state index contributed by atoms with van der Waals surface area (Å²) in [5.74, 6) is 0. The van der Waals surface area contributed by atoms with Gasteiger partial charge in [0.15, 0.2) is 0 Å². The number of fused-ring (bicyclic) bond motifs is 1. The van der Waals surface area contributed by atoms with Gasteiger partial charge in [-0.1, -0.05) is 0 Å². The number of rotatable bonds is 2. The van der Waals surface area contributed by atoms with Gasteiger partial charge in [-0.05, 0) is 30.9 Å². The summed E-state index contributed by atoms with van der Waals surface area (Å²) in [6, 6.07) is 2.62. The van der Waals surface area contributed by atoms with Crippen LogP contribution in [0.15, 0.2) is 11.4 Å². The van der Waals surface area contributed by atoms with Crippen LogP contribution >= 0.6 is 11.3 Å². The molecule has 0 aliphatic carbocycles. The van der Waals surface area contributed by atoms with Crippen LogP contribution in [-0.2, 0) is 11.3 Å². The predicted molar refractivity (Wildman–Crippen MR) is 55.0 cm³/mol. The van der Waals surface area contributed by atoms with E-state index in [1.165, 1.54) is 10.4 Å². The lowest BCUT2D eigenvalue weighted by Gasteiger charge is -2.29. The number of thiophene rings is 1. The second kappa shape index (κ2) is 3.78. The number of hydrogen-bond donors (Lipinski definition) is 1. The maximum Gasteiger partial charge on any atom is 0.107 e. The molecule has 1 aromatic heterocycles. The van der Waals surface area contributed by atoms with E-state index in [9.17, 15) is 0 Å². The zero-order valence-electron chi connectivity index (χ0n) is 8.04. The highest BCUT2D eigenvalue weighted by atomic mass is 32.1. The molecule has 0 unspecified atom stereocenters. The van der Waals surface area contributed by atoms with Gasteiger partial charge < -0.3 is 10.1 Å². The van der Waals surface area contributed by atoms with Crippen LogP contribution in [0.1, 0.15) is 30.4 Å². The molecule has 0 amide bonds. The maximum absolute atomic E-state index is 5.73. The largest absolute Gasteiger partial charge is 0.371 e. The van der Waals surface area contributed by atoms with Crippen LogP contribution < -0.4 is 5.32 Å². The van der Waals surface area contributed by atoms with Gasteiger partial charge in [0.1, 0.15) is 6.10 Å². The number of nitrogens with one attached hydrogen (secondary N) is 1. The van der Waals surface area contributed by atoms with Crippen molar-refractivity contribution in [3.8, 4) is 0 Å². The normalized spacial score (nSPS) is 27.2. The summed E-state index contributed by atoms with van der Waals surface area (Å²) in [5, 5.41) is 5.59. The molecule has 0 saturated heterocycles. The van der Waals surface area contributed by atoms with Crippen molar-refractivity contribution in [2.45, 2.75) is 32.5 Å². The quantitative estimate of drug-likeness (QED) is 0.785. The minimum absolute atomic E-state index is 0.258. The van der Waals surface area contributed by atoms with Gasteiger partial charge in [-0.2, -0.15) is 0 Å². The molecule has 1 aliphatic rings. The molecule has 0 spiro atoms. The van der Waals surface area contributed by atoms with Gasteiger partial charge in [0.25, 0.3) is 0 Å². The van der Waals surface area contributed by atoms with Crippen LogP contribution in [0.2, 0.25) is 0 Å². The van der Waals surface area contributed by atoms with Gasteiger partial charge in [0.2, 0.25) is 0 Å². The highest BCUT2D eigenvalue weighted by Gasteiger charge is 2.27. The molecule has 1 aromatic rings. The summed E-state index contributed by atoms with van der Waals surface area (Å²) < 4.78 is 5.73. The minimum atomic E-state index is 0.258. The zero-order valence-corrected chi connectivity index (χ0v) is 8.86. The van der Waals surface area contributed by atoms with Crippen LogP contribution in [0.25, 0.3) is 0 Å². The van der Waals surface area contributed by atoms with Gasteiger partial charge in [0, 0.05) is 24.1 Å². The van der Waals surface area contributed by atoms with Crippen molar-refractivity contribution in [2.24, 2.45) is 0 Å². The average Bonchev–Trinajstić information content (AvgIpc) is 2.58. The first-order valence-electron chi connectivity index (χ1n) is 4.74. The lowest BCUT2D eigenvalue weighted by Crippen LogP contribution is -2.37. The summed E-state index contributed by atoms with van der Waals surface area (Å²) >= 11 is 1.81. The Labute approximate surface area is 82.9 Å². The van der Waals surface area contributed by atoms with Crippen molar-refractivity contribution in [2.75, 3.05) is 6.61 Å². The number of hydrogen-bond acceptors (Lipinski definition) is 3. The van der Waals surface area contributed by atoms with E-state index >= 15 is 0 Å². The van der Waals surface area contributed by atoms with Crippen molar-refractivity contribution in [3.63, 3.8) is 0 Å². The second-order valence-corrected chi connectivity index (χ2v) is 4.30. The first-order chi connectivity index (χ1) is 6.33. The van der Waals surface area contributed by atoms with Crippen LogP contribution in [0.3, 0.4) is 0 Å². The van der Waals surface area contributed by atoms with Gasteiger partial charge in [-0.25, -0.2) is 0 Å². The standard InChI is InChI=1S/C10H15NOS/c1-3-12-9-7(2)11-6-8-4-5-13-10(8)9/h4-5,7,9,11H,3,6H2,1-2H3/t7-,9+/m0/s1. The molecule has 3 heteroatoms. The zero-order chi connectivity index (χ0) is 9.26. The lowest BCUT2D eigenvalue weighted by molar-refractivity contribution is 0.0340. The average molecular weight is 197 g/mol. The highest BCUT2D eigenvalue weighted by Crippen LogP contribution is 2.33. The second-order valence-electron chi connectivity index (χ2n) is 3.36. The smallest absolute Gasteiger partial charge is 0.107 e. The Bertz CT molecular complexity index is 284. The van der Waals surface area contributed by atoms with E-state index < -0.39 is 0 Å². The number of ether oxygens (including phenoxy) is 1. The molecule has 2 heterocycles. The van der Waals surface area contributed by atoms with E-state index in [-0.39, 0.29) is 6.10 Å². The van der Waals surface area contributed by atoms with Gasteiger partial charge in [0.05, 0.1) is 0 Å². The highest BCUT2D eigenvalue weighted by molar-refractivity contribution is 7.10. The van der Waals surface area contributed by atoms with Crippen LogP contribution in [0.4, 0.5) is 0 Å². The van der Waals surface area contributed by atoms with E-state index in [2.05, 4.69) is 30.6 Å². The maximum atomic E-state index is 5.73. The fourth-order valence-electron chi connectivity index (χ4n) is 1.75. The Hall–Kier alpha value is -0.380. The summed E-state index contributed by atoms with van der Waals surface area (Å²) in [6.45, 7) is 6.01. The Morgan fingerprint density at radius 2 is 2.54 bits per heavy atom. The molecule has 2 nitrogen and oxygen atoms in total. The third-order valence-electron chi connectivity index (χ3n) is 2.45. The first kappa shape index (κ1) is 9.19. The van der Waals surface area contributed by atoms with E-state index in [4.69, 9.17) is 4.74 Å². The molecule has 0 saturated carbocycles. The summed E-state index contributed by atoms with van der Waals surface area (Å²) in [4.78, 5) is 1.41. The molecule has 0 radical (unpaired) electrons.